The lowest BCUT2D eigenvalue weighted by atomic mass is 10.2. The Labute approximate surface area is 119 Å². The summed E-state index contributed by atoms with van der Waals surface area (Å²) >= 11 is 0. The molecule has 8 heteroatoms. The maximum atomic E-state index is 11.6. The summed E-state index contributed by atoms with van der Waals surface area (Å²) in [5, 5.41) is 16.4. The van der Waals surface area contributed by atoms with E-state index in [2.05, 4.69) is 15.2 Å². The molecular weight excluding hydrogens is 294 g/mol. The molecule has 0 atom stereocenters. The molecule has 0 aliphatic carbocycles. The van der Waals surface area contributed by atoms with Crippen molar-refractivity contribution in [3.05, 3.63) is 36.0 Å². The van der Waals surface area contributed by atoms with Gasteiger partial charge in [0.25, 0.3) is 0 Å². The molecule has 108 valence electrons. The summed E-state index contributed by atoms with van der Waals surface area (Å²) in [5.74, 6) is -1.07. The van der Waals surface area contributed by atoms with Gasteiger partial charge in [0.05, 0.1) is 16.1 Å². The van der Waals surface area contributed by atoms with Crippen LogP contribution in [-0.2, 0) is 9.84 Å². The van der Waals surface area contributed by atoms with Crippen LogP contribution < -0.4 is 0 Å². The smallest absolute Gasteiger partial charge is 0.352 e. The highest BCUT2D eigenvalue weighted by Gasteiger charge is 2.15. The van der Waals surface area contributed by atoms with Crippen LogP contribution in [0.1, 0.15) is 10.5 Å². The number of rotatable bonds is 3. The molecule has 0 fully saturated rings. The number of nitrogens with zero attached hydrogens (tertiary/aromatic N) is 1. The van der Waals surface area contributed by atoms with Gasteiger partial charge in [0.2, 0.25) is 0 Å². The van der Waals surface area contributed by atoms with Crippen molar-refractivity contribution in [2.24, 2.45) is 0 Å². The Balaban J connectivity index is 2.20. The van der Waals surface area contributed by atoms with Gasteiger partial charge in [-0.15, -0.1) is 0 Å². The third kappa shape index (κ3) is 2.29. The number of hydrogen-bond donors (Lipinski definition) is 3. The number of aromatic nitrogens is 3. The lowest BCUT2D eigenvalue weighted by Gasteiger charge is -1.99. The van der Waals surface area contributed by atoms with Crippen molar-refractivity contribution in [3.8, 4) is 11.4 Å². The van der Waals surface area contributed by atoms with Gasteiger partial charge < -0.3 is 10.1 Å². The number of carboxylic acids is 1. The van der Waals surface area contributed by atoms with Crippen molar-refractivity contribution in [1.82, 2.24) is 15.2 Å². The van der Waals surface area contributed by atoms with Crippen molar-refractivity contribution in [3.63, 3.8) is 0 Å². The van der Waals surface area contributed by atoms with E-state index in [-0.39, 0.29) is 10.6 Å². The fourth-order valence-corrected chi connectivity index (χ4v) is 2.73. The average Bonchev–Trinajstić information content (AvgIpc) is 3.03. The van der Waals surface area contributed by atoms with Gasteiger partial charge >= 0.3 is 5.97 Å². The van der Waals surface area contributed by atoms with E-state index in [4.69, 9.17) is 5.11 Å². The highest BCUT2D eigenvalue weighted by Crippen LogP contribution is 2.27. The van der Waals surface area contributed by atoms with E-state index >= 15 is 0 Å². The third-order valence-electron chi connectivity index (χ3n) is 3.13. The summed E-state index contributed by atoms with van der Waals surface area (Å²) in [6, 6.07) is 7.66. The second-order valence-corrected chi connectivity index (χ2v) is 6.66. The molecule has 3 aromatic rings. The van der Waals surface area contributed by atoms with E-state index in [9.17, 15) is 13.2 Å². The first kappa shape index (κ1) is 13.4. The molecule has 2 heterocycles. The number of aromatic amines is 2. The molecule has 0 saturated heterocycles. The zero-order valence-corrected chi connectivity index (χ0v) is 11.7. The number of carbonyl (C=O) groups is 1. The zero-order chi connectivity index (χ0) is 15.2. The van der Waals surface area contributed by atoms with Gasteiger partial charge in [-0.25, -0.2) is 13.2 Å². The maximum Gasteiger partial charge on any atom is 0.352 e. The first-order valence-electron chi connectivity index (χ1n) is 5.97. The van der Waals surface area contributed by atoms with Crippen LogP contribution in [0.3, 0.4) is 0 Å². The van der Waals surface area contributed by atoms with Gasteiger partial charge in [0.1, 0.15) is 11.4 Å². The Morgan fingerprint density at radius 3 is 2.62 bits per heavy atom. The number of fused-ring (bicyclic) bond motifs is 1. The molecule has 7 nitrogen and oxygen atoms in total. The Morgan fingerprint density at radius 1 is 1.24 bits per heavy atom. The minimum Gasteiger partial charge on any atom is -0.477 e. The van der Waals surface area contributed by atoms with Crippen LogP contribution in [0.15, 0.2) is 35.2 Å². The number of carboxylic acid groups (broad SMARTS) is 1. The third-order valence-corrected chi connectivity index (χ3v) is 4.24. The van der Waals surface area contributed by atoms with E-state index in [0.29, 0.717) is 22.3 Å². The maximum absolute atomic E-state index is 11.6. The van der Waals surface area contributed by atoms with Crippen molar-refractivity contribution in [2.45, 2.75) is 4.90 Å². The molecule has 0 amide bonds. The molecule has 0 bridgehead atoms. The summed E-state index contributed by atoms with van der Waals surface area (Å²) < 4.78 is 23.2. The van der Waals surface area contributed by atoms with Crippen LogP contribution in [-0.4, -0.2) is 40.9 Å². The molecule has 0 aliphatic heterocycles. The second-order valence-electron chi connectivity index (χ2n) is 4.64. The average molecular weight is 305 g/mol. The van der Waals surface area contributed by atoms with Gasteiger partial charge in [0, 0.05) is 11.6 Å². The molecule has 0 spiro atoms. The largest absolute Gasteiger partial charge is 0.477 e. The molecule has 0 unspecified atom stereocenters. The Morgan fingerprint density at radius 2 is 2.00 bits per heavy atom. The molecule has 21 heavy (non-hydrogen) atoms. The molecule has 0 saturated carbocycles. The van der Waals surface area contributed by atoms with Gasteiger partial charge in [0.15, 0.2) is 9.84 Å². The Kier molecular flexibility index (Phi) is 2.84. The van der Waals surface area contributed by atoms with Crippen LogP contribution in [0.5, 0.6) is 0 Å². The standard InChI is InChI=1S/C13H11N3O4S/c1-21(19,20)7-2-3-9-8(6-7)12(16-15-9)10-4-5-11(14-10)13(17)18/h2-6,14H,1H3,(H,15,16)(H,17,18). The number of nitrogens with one attached hydrogen (secondary N) is 2. The topological polar surface area (TPSA) is 116 Å². The molecule has 2 aromatic heterocycles. The van der Waals surface area contributed by atoms with Crippen molar-refractivity contribution < 1.29 is 18.3 Å². The van der Waals surface area contributed by atoms with E-state index in [1.165, 1.54) is 18.2 Å². The lowest BCUT2D eigenvalue weighted by Crippen LogP contribution is -1.96. The van der Waals surface area contributed by atoms with Crippen molar-refractivity contribution >= 4 is 26.7 Å². The minimum absolute atomic E-state index is 0.0421. The highest BCUT2D eigenvalue weighted by atomic mass is 32.2. The van der Waals surface area contributed by atoms with Crippen LogP contribution in [0.2, 0.25) is 0 Å². The number of aromatic carboxylic acids is 1. The highest BCUT2D eigenvalue weighted by molar-refractivity contribution is 7.90. The summed E-state index contributed by atoms with van der Waals surface area (Å²) in [6.45, 7) is 0. The Hall–Kier alpha value is -2.61. The number of H-pyrrole nitrogens is 2. The van der Waals surface area contributed by atoms with Crippen molar-refractivity contribution in [2.75, 3.05) is 6.26 Å². The lowest BCUT2D eigenvalue weighted by molar-refractivity contribution is 0.0691. The molecule has 1 aromatic carbocycles. The fourth-order valence-electron chi connectivity index (χ4n) is 2.09. The fraction of sp³-hybridized carbons (Fsp3) is 0.0769. The normalized spacial score (nSPS) is 11.9. The van der Waals surface area contributed by atoms with Crippen LogP contribution in [0.25, 0.3) is 22.3 Å². The Bertz CT molecular complexity index is 953. The monoisotopic (exact) mass is 305 g/mol. The number of benzene rings is 1. The van der Waals surface area contributed by atoms with Gasteiger partial charge in [-0.2, -0.15) is 5.10 Å². The van der Waals surface area contributed by atoms with Gasteiger partial charge in [-0.3, -0.25) is 5.10 Å². The summed E-state index contributed by atoms with van der Waals surface area (Å²) in [5.41, 5.74) is 1.69. The van der Waals surface area contributed by atoms with Crippen molar-refractivity contribution in [1.29, 1.82) is 0 Å². The SMILES string of the molecule is CS(=O)(=O)c1ccc2[nH]nc(-c3ccc(C(=O)O)[nH]3)c2c1. The quantitative estimate of drug-likeness (QED) is 0.680. The summed E-state index contributed by atoms with van der Waals surface area (Å²) in [4.78, 5) is 13.8. The van der Waals surface area contributed by atoms with Gasteiger partial charge in [-0.1, -0.05) is 0 Å². The van der Waals surface area contributed by atoms with Crippen LogP contribution in [0.4, 0.5) is 0 Å². The van der Waals surface area contributed by atoms with E-state index in [1.54, 1.807) is 12.1 Å². The number of hydrogen-bond acceptors (Lipinski definition) is 4. The van der Waals surface area contributed by atoms with Crippen LogP contribution in [0, 0.1) is 0 Å². The summed E-state index contributed by atoms with van der Waals surface area (Å²) in [7, 11) is -3.33. The molecule has 3 rings (SSSR count). The van der Waals surface area contributed by atoms with E-state index in [1.807, 2.05) is 0 Å². The molecular formula is C13H11N3O4S. The first-order valence-corrected chi connectivity index (χ1v) is 7.86. The molecule has 3 N–H and O–H groups in total. The predicted octanol–water partition coefficient (Wildman–Crippen LogP) is 1.66. The second kappa shape index (κ2) is 4.45. The van der Waals surface area contributed by atoms with E-state index < -0.39 is 15.8 Å². The zero-order valence-electron chi connectivity index (χ0n) is 10.9. The molecule has 0 radical (unpaired) electrons. The minimum atomic E-state index is -3.33. The molecule has 0 aliphatic rings. The van der Waals surface area contributed by atoms with Gasteiger partial charge in [-0.05, 0) is 30.3 Å². The summed E-state index contributed by atoms with van der Waals surface area (Å²) in [6.07, 6.45) is 1.13. The first-order chi connectivity index (χ1) is 9.86. The predicted molar refractivity (Wildman–Crippen MR) is 75.9 cm³/mol. The number of sulfone groups is 1. The van der Waals surface area contributed by atoms with E-state index in [0.717, 1.165) is 6.26 Å². The van der Waals surface area contributed by atoms with Crippen LogP contribution >= 0.6 is 0 Å².